The van der Waals surface area contributed by atoms with Crippen LogP contribution in [0.3, 0.4) is 0 Å². The third kappa shape index (κ3) is 7.40. The first-order valence-electron chi connectivity index (χ1n) is 13.7. The van der Waals surface area contributed by atoms with Crippen LogP contribution >= 0.6 is 11.6 Å². The summed E-state index contributed by atoms with van der Waals surface area (Å²) in [7, 11) is -2.66. The Labute approximate surface area is 247 Å². The highest BCUT2D eigenvalue weighted by Gasteiger charge is 2.33. The largest absolute Gasteiger partial charge is 0.497 e. The minimum atomic E-state index is -4.16. The van der Waals surface area contributed by atoms with Crippen LogP contribution in [0.4, 0.5) is 5.69 Å². The van der Waals surface area contributed by atoms with E-state index in [2.05, 4.69) is 5.32 Å². The summed E-state index contributed by atoms with van der Waals surface area (Å²) >= 11 is 6.43. The number of hydrogen-bond acceptors (Lipinski definition) is 5. The van der Waals surface area contributed by atoms with Crippen LogP contribution in [0, 0.1) is 6.92 Å². The van der Waals surface area contributed by atoms with Crippen LogP contribution in [0.5, 0.6) is 5.75 Å². The van der Waals surface area contributed by atoms with Crippen LogP contribution in [0.2, 0.25) is 5.02 Å². The highest BCUT2D eigenvalue weighted by molar-refractivity contribution is 7.92. The van der Waals surface area contributed by atoms with Crippen molar-refractivity contribution in [1.29, 1.82) is 0 Å². The molecule has 1 saturated carbocycles. The molecule has 0 aliphatic heterocycles. The van der Waals surface area contributed by atoms with E-state index in [1.165, 1.54) is 24.1 Å². The summed E-state index contributed by atoms with van der Waals surface area (Å²) in [5.74, 6) is -0.302. The van der Waals surface area contributed by atoms with E-state index in [1.54, 1.807) is 67.6 Å². The molecular weight excluding hydrogens is 562 g/mol. The first kappa shape index (κ1) is 30.4. The topological polar surface area (TPSA) is 96.0 Å². The van der Waals surface area contributed by atoms with E-state index < -0.39 is 28.5 Å². The third-order valence-electron chi connectivity index (χ3n) is 7.42. The number of nitrogens with zero attached hydrogens (tertiary/aromatic N) is 2. The molecular formula is C31H36ClN3O5S. The molecule has 0 unspecified atom stereocenters. The Morgan fingerprint density at radius 3 is 2.24 bits per heavy atom. The minimum absolute atomic E-state index is 0.0105. The van der Waals surface area contributed by atoms with Crippen molar-refractivity contribution in [3.8, 4) is 5.75 Å². The standard InChI is InChI=1S/C31H36ClN3O5S/c1-22-12-14-26(15-13-22)35(41(38,39)28-18-16-27(40-3)17-19-28)21-30(36)34(20-24-8-4-7-11-29(24)32)23(2)31(37)33-25-9-5-6-10-25/h4,7-8,11-19,23,25H,5-6,9-10,20-21H2,1-3H3,(H,33,37)/t23-/m0/s1. The zero-order chi connectivity index (χ0) is 29.6. The van der Waals surface area contributed by atoms with Crippen molar-refractivity contribution < 1.29 is 22.7 Å². The molecule has 2 amide bonds. The van der Waals surface area contributed by atoms with Gasteiger partial charge in [0.15, 0.2) is 0 Å². The van der Waals surface area contributed by atoms with Crippen LogP contribution < -0.4 is 14.4 Å². The van der Waals surface area contributed by atoms with Crippen LogP contribution in [-0.2, 0) is 26.2 Å². The second kappa shape index (κ2) is 13.4. The van der Waals surface area contributed by atoms with Gasteiger partial charge < -0.3 is 15.0 Å². The predicted molar refractivity (Wildman–Crippen MR) is 161 cm³/mol. The van der Waals surface area contributed by atoms with Crippen molar-refractivity contribution in [3.63, 3.8) is 0 Å². The zero-order valence-corrected chi connectivity index (χ0v) is 25.1. The molecule has 0 aromatic heterocycles. The average molecular weight is 598 g/mol. The van der Waals surface area contributed by atoms with Crippen molar-refractivity contribution in [3.05, 3.63) is 88.9 Å². The van der Waals surface area contributed by atoms with Crippen molar-refractivity contribution >= 4 is 39.1 Å². The number of carbonyl (C=O) groups excluding carboxylic acids is 2. The number of carbonyl (C=O) groups is 2. The second-order valence-electron chi connectivity index (χ2n) is 10.3. The first-order valence-corrected chi connectivity index (χ1v) is 15.5. The normalized spacial score (nSPS) is 14.3. The lowest BCUT2D eigenvalue weighted by Crippen LogP contribution is -2.52. The third-order valence-corrected chi connectivity index (χ3v) is 9.57. The van der Waals surface area contributed by atoms with Gasteiger partial charge >= 0.3 is 0 Å². The number of amides is 2. The lowest BCUT2D eigenvalue weighted by atomic mass is 10.1. The number of methoxy groups -OCH3 is 1. The second-order valence-corrected chi connectivity index (χ2v) is 12.6. The van der Waals surface area contributed by atoms with E-state index in [0.29, 0.717) is 22.0 Å². The maximum atomic E-state index is 14.0. The molecule has 0 bridgehead atoms. The fourth-order valence-corrected chi connectivity index (χ4v) is 6.51. The van der Waals surface area contributed by atoms with Gasteiger partial charge in [-0.3, -0.25) is 13.9 Å². The highest BCUT2D eigenvalue weighted by Crippen LogP contribution is 2.27. The molecule has 0 heterocycles. The monoisotopic (exact) mass is 597 g/mol. The van der Waals surface area contributed by atoms with Gasteiger partial charge in [-0.25, -0.2) is 8.42 Å². The summed E-state index contributed by atoms with van der Waals surface area (Å²) in [6.45, 7) is 3.09. The molecule has 0 spiro atoms. The zero-order valence-electron chi connectivity index (χ0n) is 23.5. The van der Waals surface area contributed by atoms with Gasteiger partial charge in [0, 0.05) is 17.6 Å². The molecule has 41 heavy (non-hydrogen) atoms. The number of ether oxygens (including phenoxy) is 1. The highest BCUT2D eigenvalue weighted by atomic mass is 35.5. The molecule has 0 radical (unpaired) electrons. The number of hydrogen-bond donors (Lipinski definition) is 1. The van der Waals surface area contributed by atoms with Gasteiger partial charge in [0.2, 0.25) is 11.8 Å². The van der Waals surface area contributed by atoms with Crippen LogP contribution in [0.15, 0.2) is 77.7 Å². The van der Waals surface area contributed by atoms with Gasteiger partial charge in [0.1, 0.15) is 18.3 Å². The lowest BCUT2D eigenvalue weighted by Gasteiger charge is -2.32. The van der Waals surface area contributed by atoms with Crippen LogP contribution in [0.25, 0.3) is 0 Å². The van der Waals surface area contributed by atoms with E-state index in [4.69, 9.17) is 16.3 Å². The summed E-state index contributed by atoms with van der Waals surface area (Å²) in [5.41, 5.74) is 1.93. The number of aryl methyl sites for hydroxylation is 1. The summed E-state index contributed by atoms with van der Waals surface area (Å²) in [6.07, 6.45) is 3.91. The summed E-state index contributed by atoms with van der Waals surface area (Å²) in [6, 6.07) is 19.2. The van der Waals surface area contributed by atoms with Crippen LogP contribution in [0.1, 0.15) is 43.7 Å². The number of anilines is 1. The Morgan fingerprint density at radius 1 is 1.00 bits per heavy atom. The predicted octanol–water partition coefficient (Wildman–Crippen LogP) is 5.33. The maximum absolute atomic E-state index is 14.0. The minimum Gasteiger partial charge on any atom is -0.497 e. The number of benzene rings is 3. The molecule has 218 valence electrons. The summed E-state index contributed by atoms with van der Waals surface area (Å²) in [4.78, 5) is 28.8. The molecule has 8 nitrogen and oxygen atoms in total. The summed E-state index contributed by atoms with van der Waals surface area (Å²) < 4.78 is 34.1. The van der Waals surface area contributed by atoms with Gasteiger partial charge in [-0.2, -0.15) is 0 Å². The molecule has 1 aliphatic carbocycles. The molecule has 1 aliphatic rings. The van der Waals surface area contributed by atoms with E-state index >= 15 is 0 Å². The van der Waals surface area contributed by atoms with Crippen molar-refractivity contribution in [1.82, 2.24) is 10.2 Å². The van der Waals surface area contributed by atoms with Gasteiger partial charge in [0.05, 0.1) is 17.7 Å². The number of rotatable bonds is 11. The maximum Gasteiger partial charge on any atom is 0.264 e. The molecule has 1 atom stereocenters. The van der Waals surface area contributed by atoms with Gasteiger partial charge in [-0.05, 0) is 74.7 Å². The number of sulfonamides is 1. The van der Waals surface area contributed by atoms with Crippen molar-refractivity contribution in [2.45, 2.75) is 63.1 Å². The lowest BCUT2D eigenvalue weighted by molar-refractivity contribution is -0.139. The Morgan fingerprint density at radius 2 is 1.63 bits per heavy atom. The van der Waals surface area contributed by atoms with E-state index in [1.807, 2.05) is 6.92 Å². The van der Waals surface area contributed by atoms with Gasteiger partial charge in [-0.1, -0.05) is 60.3 Å². The number of nitrogens with one attached hydrogen (secondary N) is 1. The van der Waals surface area contributed by atoms with Gasteiger partial charge in [0.25, 0.3) is 10.0 Å². The average Bonchev–Trinajstić information content (AvgIpc) is 3.48. The Kier molecular flexibility index (Phi) is 9.94. The van der Waals surface area contributed by atoms with Crippen molar-refractivity contribution in [2.24, 2.45) is 0 Å². The number of halogens is 1. The van der Waals surface area contributed by atoms with E-state index in [9.17, 15) is 18.0 Å². The quantitative estimate of drug-likeness (QED) is 0.322. The summed E-state index contributed by atoms with van der Waals surface area (Å²) in [5, 5.41) is 3.52. The first-order chi connectivity index (χ1) is 19.6. The molecule has 4 rings (SSSR count). The fourth-order valence-electron chi connectivity index (χ4n) is 4.90. The molecule has 1 N–H and O–H groups in total. The smallest absolute Gasteiger partial charge is 0.264 e. The van der Waals surface area contributed by atoms with E-state index in [-0.39, 0.29) is 23.4 Å². The molecule has 1 fully saturated rings. The van der Waals surface area contributed by atoms with Crippen molar-refractivity contribution in [2.75, 3.05) is 18.0 Å². The van der Waals surface area contributed by atoms with Crippen LogP contribution in [-0.4, -0.2) is 50.9 Å². The molecule has 0 saturated heterocycles. The molecule has 3 aromatic carbocycles. The SMILES string of the molecule is COc1ccc(S(=O)(=O)N(CC(=O)N(Cc2ccccc2Cl)[C@@H](C)C(=O)NC2CCCC2)c2ccc(C)cc2)cc1. The Balaban J connectivity index is 1.69. The van der Waals surface area contributed by atoms with Gasteiger partial charge in [-0.15, -0.1) is 0 Å². The molecule has 3 aromatic rings. The Hall–Kier alpha value is -3.56. The fraction of sp³-hybridized carbons (Fsp3) is 0.355. The Bertz CT molecular complexity index is 1460. The van der Waals surface area contributed by atoms with E-state index in [0.717, 1.165) is 35.6 Å². The molecule has 10 heteroatoms.